The largest absolute Gasteiger partial charge is 0.389 e. The summed E-state index contributed by atoms with van der Waals surface area (Å²) in [7, 11) is 0. The fourth-order valence-electron chi connectivity index (χ4n) is 2.57. The third-order valence-corrected chi connectivity index (χ3v) is 3.73. The standard InChI is InChI=1S/C11H21NO2/c1-8-3-2-4-9(8)5-12-10-6-14-7-11(10)13/h8-13H,2-7H2,1H3. The van der Waals surface area contributed by atoms with Crippen LogP contribution in [0.2, 0.25) is 0 Å². The summed E-state index contributed by atoms with van der Waals surface area (Å²) < 4.78 is 5.20. The van der Waals surface area contributed by atoms with Gasteiger partial charge in [0.1, 0.15) is 0 Å². The molecule has 1 saturated carbocycles. The predicted molar refractivity (Wildman–Crippen MR) is 55.1 cm³/mol. The number of hydrogen-bond donors (Lipinski definition) is 2. The van der Waals surface area contributed by atoms with Crippen LogP contribution in [0.1, 0.15) is 26.2 Å². The summed E-state index contributed by atoms with van der Waals surface area (Å²) in [5.41, 5.74) is 0. The Morgan fingerprint density at radius 2 is 2.21 bits per heavy atom. The molecule has 3 nitrogen and oxygen atoms in total. The van der Waals surface area contributed by atoms with Crippen molar-refractivity contribution in [2.24, 2.45) is 11.8 Å². The normalized spacial score (nSPS) is 43.3. The monoisotopic (exact) mass is 199 g/mol. The van der Waals surface area contributed by atoms with Crippen molar-refractivity contribution in [3.63, 3.8) is 0 Å². The molecule has 2 aliphatic rings. The van der Waals surface area contributed by atoms with E-state index in [2.05, 4.69) is 12.2 Å². The van der Waals surface area contributed by atoms with Gasteiger partial charge in [0.05, 0.1) is 25.4 Å². The second-order valence-corrected chi connectivity index (χ2v) is 4.79. The second kappa shape index (κ2) is 4.60. The van der Waals surface area contributed by atoms with Gasteiger partial charge in [0, 0.05) is 0 Å². The van der Waals surface area contributed by atoms with Crippen molar-refractivity contribution >= 4 is 0 Å². The van der Waals surface area contributed by atoms with E-state index in [1.807, 2.05) is 0 Å². The Hall–Kier alpha value is -0.120. The molecule has 0 bridgehead atoms. The quantitative estimate of drug-likeness (QED) is 0.705. The maximum absolute atomic E-state index is 9.54. The van der Waals surface area contributed by atoms with Gasteiger partial charge in [0.15, 0.2) is 0 Å². The molecule has 2 N–H and O–H groups in total. The third kappa shape index (κ3) is 2.27. The smallest absolute Gasteiger partial charge is 0.0948 e. The van der Waals surface area contributed by atoms with Gasteiger partial charge in [-0.25, -0.2) is 0 Å². The summed E-state index contributed by atoms with van der Waals surface area (Å²) in [6.07, 6.45) is 3.79. The molecule has 1 aliphatic carbocycles. The Kier molecular flexibility index (Phi) is 3.42. The van der Waals surface area contributed by atoms with Crippen LogP contribution in [0.5, 0.6) is 0 Å². The van der Waals surface area contributed by atoms with Gasteiger partial charge in [-0.3, -0.25) is 0 Å². The summed E-state index contributed by atoms with van der Waals surface area (Å²) >= 11 is 0. The van der Waals surface area contributed by atoms with Gasteiger partial charge < -0.3 is 15.2 Å². The van der Waals surface area contributed by atoms with Crippen LogP contribution >= 0.6 is 0 Å². The minimum Gasteiger partial charge on any atom is -0.389 e. The average molecular weight is 199 g/mol. The van der Waals surface area contributed by atoms with E-state index in [-0.39, 0.29) is 12.1 Å². The zero-order chi connectivity index (χ0) is 9.97. The van der Waals surface area contributed by atoms with Gasteiger partial charge >= 0.3 is 0 Å². The van der Waals surface area contributed by atoms with Crippen molar-refractivity contribution in [3.05, 3.63) is 0 Å². The summed E-state index contributed by atoms with van der Waals surface area (Å²) in [6.45, 7) is 4.55. The molecule has 2 rings (SSSR count). The fourth-order valence-corrected chi connectivity index (χ4v) is 2.57. The zero-order valence-corrected chi connectivity index (χ0v) is 8.91. The van der Waals surface area contributed by atoms with Crippen LogP contribution in [0.4, 0.5) is 0 Å². The first-order valence-electron chi connectivity index (χ1n) is 5.76. The van der Waals surface area contributed by atoms with Crippen molar-refractivity contribution in [3.8, 4) is 0 Å². The van der Waals surface area contributed by atoms with E-state index in [4.69, 9.17) is 4.74 Å². The molecule has 14 heavy (non-hydrogen) atoms. The average Bonchev–Trinajstić information content (AvgIpc) is 2.72. The fraction of sp³-hybridized carbons (Fsp3) is 1.00. The van der Waals surface area contributed by atoms with E-state index in [0.717, 1.165) is 18.4 Å². The first-order valence-corrected chi connectivity index (χ1v) is 5.76. The Balaban J connectivity index is 1.71. The lowest BCUT2D eigenvalue weighted by Crippen LogP contribution is -2.41. The number of nitrogens with one attached hydrogen (secondary N) is 1. The maximum Gasteiger partial charge on any atom is 0.0948 e. The molecule has 0 aromatic heterocycles. The Labute approximate surface area is 85.8 Å². The van der Waals surface area contributed by atoms with Gasteiger partial charge in [-0.15, -0.1) is 0 Å². The topological polar surface area (TPSA) is 41.5 Å². The number of ether oxygens (including phenoxy) is 1. The lowest BCUT2D eigenvalue weighted by Gasteiger charge is -2.20. The van der Waals surface area contributed by atoms with E-state index < -0.39 is 0 Å². The first kappa shape index (κ1) is 10.4. The number of rotatable bonds is 3. The van der Waals surface area contributed by atoms with E-state index in [9.17, 15) is 5.11 Å². The number of hydrogen-bond acceptors (Lipinski definition) is 3. The SMILES string of the molecule is CC1CCCC1CNC1COCC1O. The van der Waals surface area contributed by atoms with Crippen LogP contribution in [0, 0.1) is 11.8 Å². The van der Waals surface area contributed by atoms with E-state index in [0.29, 0.717) is 13.2 Å². The van der Waals surface area contributed by atoms with E-state index in [1.165, 1.54) is 19.3 Å². The first-order chi connectivity index (χ1) is 6.77. The van der Waals surface area contributed by atoms with Crippen molar-refractivity contribution in [2.75, 3.05) is 19.8 Å². The Morgan fingerprint density at radius 1 is 1.36 bits per heavy atom. The molecule has 0 aromatic rings. The molecule has 82 valence electrons. The van der Waals surface area contributed by atoms with Crippen molar-refractivity contribution < 1.29 is 9.84 Å². The van der Waals surface area contributed by atoms with E-state index >= 15 is 0 Å². The molecular weight excluding hydrogens is 178 g/mol. The molecular formula is C11H21NO2. The lowest BCUT2D eigenvalue weighted by atomic mass is 9.98. The molecule has 1 aliphatic heterocycles. The van der Waals surface area contributed by atoms with Crippen molar-refractivity contribution in [2.45, 2.75) is 38.3 Å². The summed E-state index contributed by atoms with van der Waals surface area (Å²) in [4.78, 5) is 0. The maximum atomic E-state index is 9.54. The number of aliphatic hydroxyl groups is 1. The minimum atomic E-state index is -0.299. The van der Waals surface area contributed by atoms with Gasteiger partial charge in [-0.1, -0.05) is 19.8 Å². The number of aliphatic hydroxyl groups excluding tert-OH is 1. The highest BCUT2D eigenvalue weighted by molar-refractivity contribution is 4.83. The highest BCUT2D eigenvalue weighted by atomic mass is 16.5. The minimum absolute atomic E-state index is 0.169. The molecule has 3 heteroatoms. The molecule has 0 spiro atoms. The zero-order valence-electron chi connectivity index (χ0n) is 8.91. The van der Waals surface area contributed by atoms with Crippen LogP contribution in [0.25, 0.3) is 0 Å². The molecule has 4 unspecified atom stereocenters. The van der Waals surface area contributed by atoms with Gasteiger partial charge in [0.2, 0.25) is 0 Å². The van der Waals surface area contributed by atoms with Gasteiger partial charge in [0.25, 0.3) is 0 Å². The molecule has 1 heterocycles. The van der Waals surface area contributed by atoms with Gasteiger partial charge in [-0.2, -0.15) is 0 Å². The summed E-state index contributed by atoms with van der Waals surface area (Å²) in [6, 6.07) is 0.169. The van der Waals surface area contributed by atoms with Crippen LogP contribution in [-0.2, 0) is 4.74 Å². The van der Waals surface area contributed by atoms with Crippen LogP contribution in [0.3, 0.4) is 0 Å². The predicted octanol–water partition coefficient (Wildman–Crippen LogP) is 0.772. The van der Waals surface area contributed by atoms with Crippen molar-refractivity contribution in [1.82, 2.24) is 5.32 Å². The van der Waals surface area contributed by atoms with Crippen LogP contribution < -0.4 is 5.32 Å². The summed E-state index contributed by atoms with van der Waals surface area (Å²) in [5, 5.41) is 13.0. The van der Waals surface area contributed by atoms with Gasteiger partial charge in [-0.05, 0) is 24.8 Å². The van der Waals surface area contributed by atoms with Crippen molar-refractivity contribution in [1.29, 1.82) is 0 Å². The van der Waals surface area contributed by atoms with Crippen LogP contribution in [0.15, 0.2) is 0 Å². The van der Waals surface area contributed by atoms with Crippen LogP contribution in [-0.4, -0.2) is 37.0 Å². The molecule has 0 radical (unpaired) electrons. The Morgan fingerprint density at radius 3 is 2.79 bits per heavy atom. The third-order valence-electron chi connectivity index (χ3n) is 3.73. The molecule has 0 amide bonds. The molecule has 2 fully saturated rings. The second-order valence-electron chi connectivity index (χ2n) is 4.79. The molecule has 4 atom stereocenters. The highest BCUT2D eigenvalue weighted by Crippen LogP contribution is 2.30. The molecule has 0 aromatic carbocycles. The Bertz CT molecular complexity index is 166. The molecule has 1 saturated heterocycles. The lowest BCUT2D eigenvalue weighted by molar-refractivity contribution is 0.121. The van der Waals surface area contributed by atoms with E-state index in [1.54, 1.807) is 0 Å². The summed E-state index contributed by atoms with van der Waals surface area (Å²) in [5.74, 6) is 1.66. The highest BCUT2D eigenvalue weighted by Gasteiger charge is 2.28.